The van der Waals surface area contributed by atoms with Crippen LogP contribution >= 0.6 is 0 Å². The third-order valence-corrected chi connectivity index (χ3v) is 2.44. The molecule has 0 heteroatoms. The van der Waals surface area contributed by atoms with Crippen LogP contribution in [0.3, 0.4) is 0 Å². The zero-order valence-corrected chi connectivity index (χ0v) is 8.88. The van der Waals surface area contributed by atoms with Crippen molar-refractivity contribution >= 4 is 12.2 Å². The Morgan fingerprint density at radius 3 is 2.43 bits per heavy atom. The van der Waals surface area contributed by atoms with Crippen LogP contribution in [0.2, 0.25) is 0 Å². The van der Waals surface area contributed by atoms with Gasteiger partial charge >= 0.3 is 0 Å². The molecule has 0 fully saturated rings. The summed E-state index contributed by atoms with van der Waals surface area (Å²) in [6, 6.07) is 4.22. The second-order valence-corrected chi connectivity index (χ2v) is 3.31. The first-order valence-corrected chi connectivity index (χ1v) is 4.72. The highest BCUT2D eigenvalue weighted by atomic mass is 14.1. The van der Waals surface area contributed by atoms with E-state index in [4.69, 9.17) is 0 Å². The van der Waals surface area contributed by atoms with Crippen molar-refractivity contribution in [1.82, 2.24) is 0 Å². The Kier molecular flexibility index (Phi) is 3.47. The van der Waals surface area contributed by atoms with Crippen LogP contribution in [0.5, 0.6) is 0 Å². The van der Waals surface area contributed by atoms with Gasteiger partial charge in [-0.3, -0.25) is 0 Å². The number of allylic oxidation sites excluding steroid dienone is 2. The summed E-state index contributed by atoms with van der Waals surface area (Å²) in [7, 11) is 0. The second-order valence-electron chi connectivity index (χ2n) is 3.31. The molecule has 0 N–H and O–H groups in total. The molecule has 0 nitrogen and oxygen atoms in total. The first-order valence-electron chi connectivity index (χ1n) is 4.72. The van der Waals surface area contributed by atoms with Crippen LogP contribution in [0.25, 0.3) is 12.2 Å². The zero-order valence-electron chi connectivity index (χ0n) is 8.88. The Bertz CT molecular complexity index is 381. The minimum atomic E-state index is 1.17. The molecule has 0 unspecified atom stereocenters. The van der Waals surface area contributed by atoms with Crippen LogP contribution in [0.1, 0.15) is 22.3 Å². The molecule has 0 saturated heterocycles. The summed E-state index contributed by atoms with van der Waals surface area (Å²) < 4.78 is 0. The normalized spacial score (nSPS) is 10.4. The molecule has 0 radical (unpaired) electrons. The lowest BCUT2D eigenvalue weighted by atomic mass is 9.97. The molecule has 0 bridgehead atoms. The first kappa shape index (κ1) is 10.5. The summed E-state index contributed by atoms with van der Waals surface area (Å²) in [6.07, 6.45) is 7.70. The van der Waals surface area contributed by atoms with E-state index in [0.717, 1.165) is 0 Å². The van der Waals surface area contributed by atoms with Crippen molar-refractivity contribution in [3.63, 3.8) is 0 Å². The van der Waals surface area contributed by atoms with E-state index in [1.165, 1.54) is 22.3 Å². The molecule has 0 aliphatic heterocycles. The van der Waals surface area contributed by atoms with E-state index >= 15 is 0 Å². The van der Waals surface area contributed by atoms with E-state index in [1.54, 1.807) is 6.08 Å². The molecular weight excluding hydrogens is 168 g/mol. The lowest BCUT2D eigenvalue weighted by Gasteiger charge is -2.08. The summed E-state index contributed by atoms with van der Waals surface area (Å²) in [5, 5.41) is 0. The minimum absolute atomic E-state index is 1.17. The molecule has 72 valence electrons. The van der Waals surface area contributed by atoms with Gasteiger partial charge in [0.2, 0.25) is 0 Å². The third kappa shape index (κ3) is 2.02. The van der Waals surface area contributed by atoms with Crippen LogP contribution in [0.4, 0.5) is 0 Å². The number of benzene rings is 1. The van der Waals surface area contributed by atoms with E-state index in [0.29, 0.717) is 0 Å². The maximum Gasteiger partial charge on any atom is -0.0152 e. The van der Waals surface area contributed by atoms with Gasteiger partial charge in [-0.05, 0) is 36.1 Å². The van der Waals surface area contributed by atoms with Crippen molar-refractivity contribution in [2.45, 2.75) is 13.8 Å². The highest BCUT2D eigenvalue weighted by molar-refractivity contribution is 5.68. The van der Waals surface area contributed by atoms with Gasteiger partial charge in [0.1, 0.15) is 0 Å². The number of rotatable bonds is 3. The van der Waals surface area contributed by atoms with Crippen molar-refractivity contribution < 1.29 is 0 Å². The predicted octanol–water partition coefficient (Wildman–Crippen LogP) is 4.15. The van der Waals surface area contributed by atoms with E-state index in [1.807, 2.05) is 12.2 Å². The molecule has 1 rings (SSSR count). The third-order valence-electron chi connectivity index (χ3n) is 2.44. The Morgan fingerprint density at radius 2 is 1.86 bits per heavy atom. The maximum absolute atomic E-state index is 3.81. The largest absolute Gasteiger partial charge is 0.0991 e. The van der Waals surface area contributed by atoms with Crippen LogP contribution in [-0.2, 0) is 0 Å². The quantitative estimate of drug-likeness (QED) is 0.619. The highest BCUT2D eigenvalue weighted by Gasteiger charge is 2.01. The summed E-state index contributed by atoms with van der Waals surface area (Å²) in [5.41, 5.74) is 5.02. The number of aryl methyl sites for hydroxylation is 1. The standard InChI is InChI=1S/C14H16/c1-5-7-8-14-12(4)11(3)9-10-13(14)6-2/h5-10H,1-2H2,3-4H3/b8-7-. The Balaban J connectivity index is 3.34. The fourth-order valence-corrected chi connectivity index (χ4v) is 1.42. The van der Waals surface area contributed by atoms with Gasteiger partial charge in [-0.25, -0.2) is 0 Å². The van der Waals surface area contributed by atoms with Crippen molar-refractivity contribution in [2.75, 3.05) is 0 Å². The Morgan fingerprint density at radius 1 is 1.14 bits per heavy atom. The molecule has 0 atom stereocenters. The number of hydrogen-bond donors (Lipinski definition) is 0. The predicted molar refractivity (Wildman–Crippen MR) is 65.2 cm³/mol. The molecule has 0 amide bonds. The zero-order chi connectivity index (χ0) is 10.6. The fraction of sp³-hybridized carbons (Fsp3) is 0.143. The summed E-state index contributed by atoms with van der Waals surface area (Å²) >= 11 is 0. The molecule has 1 aromatic carbocycles. The average molecular weight is 184 g/mol. The van der Waals surface area contributed by atoms with Gasteiger partial charge in [-0.2, -0.15) is 0 Å². The van der Waals surface area contributed by atoms with Crippen molar-refractivity contribution in [1.29, 1.82) is 0 Å². The lowest BCUT2D eigenvalue weighted by Crippen LogP contribution is -1.89. The first-order chi connectivity index (χ1) is 6.70. The van der Waals surface area contributed by atoms with Gasteiger partial charge in [0.25, 0.3) is 0 Å². The molecule has 0 aromatic heterocycles. The topological polar surface area (TPSA) is 0 Å². The van der Waals surface area contributed by atoms with Crippen molar-refractivity contribution in [2.24, 2.45) is 0 Å². The van der Waals surface area contributed by atoms with Gasteiger partial charge in [-0.1, -0.05) is 49.6 Å². The van der Waals surface area contributed by atoms with Gasteiger partial charge in [0.05, 0.1) is 0 Å². The van der Waals surface area contributed by atoms with E-state index in [2.05, 4.69) is 45.2 Å². The summed E-state index contributed by atoms with van der Waals surface area (Å²) in [6.45, 7) is 11.7. The molecular formula is C14H16. The SMILES string of the molecule is C=C/C=C\c1c(C=C)ccc(C)c1C. The van der Waals surface area contributed by atoms with Gasteiger partial charge in [0, 0.05) is 0 Å². The van der Waals surface area contributed by atoms with E-state index < -0.39 is 0 Å². The molecule has 0 aliphatic rings. The molecule has 14 heavy (non-hydrogen) atoms. The smallest absolute Gasteiger partial charge is 0.0152 e. The average Bonchev–Trinajstić information content (AvgIpc) is 2.20. The van der Waals surface area contributed by atoms with Gasteiger partial charge < -0.3 is 0 Å². The summed E-state index contributed by atoms with van der Waals surface area (Å²) in [4.78, 5) is 0. The number of hydrogen-bond acceptors (Lipinski definition) is 0. The monoisotopic (exact) mass is 184 g/mol. The fourth-order valence-electron chi connectivity index (χ4n) is 1.42. The Labute approximate surface area is 86.3 Å². The van der Waals surface area contributed by atoms with Gasteiger partial charge in [-0.15, -0.1) is 0 Å². The van der Waals surface area contributed by atoms with Crippen LogP contribution < -0.4 is 0 Å². The van der Waals surface area contributed by atoms with Crippen molar-refractivity contribution in [3.05, 3.63) is 59.7 Å². The molecule has 0 heterocycles. The lowest BCUT2D eigenvalue weighted by molar-refractivity contribution is 1.32. The molecule has 1 aromatic rings. The van der Waals surface area contributed by atoms with Crippen LogP contribution in [0.15, 0.2) is 37.4 Å². The van der Waals surface area contributed by atoms with Crippen LogP contribution in [0, 0.1) is 13.8 Å². The highest BCUT2D eigenvalue weighted by Crippen LogP contribution is 2.20. The van der Waals surface area contributed by atoms with Crippen LogP contribution in [-0.4, -0.2) is 0 Å². The summed E-state index contributed by atoms with van der Waals surface area (Å²) in [5.74, 6) is 0. The molecule has 0 saturated carbocycles. The maximum atomic E-state index is 3.81. The Hall–Kier alpha value is -1.56. The molecule has 0 spiro atoms. The molecule has 0 aliphatic carbocycles. The van der Waals surface area contributed by atoms with Gasteiger partial charge in [0.15, 0.2) is 0 Å². The van der Waals surface area contributed by atoms with E-state index in [-0.39, 0.29) is 0 Å². The van der Waals surface area contributed by atoms with Crippen molar-refractivity contribution in [3.8, 4) is 0 Å². The van der Waals surface area contributed by atoms with E-state index in [9.17, 15) is 0 Å². The minimum Gasteiger partial charge on any atom is -0.0991 e. The second kappa shape index (κ2) is 4.61.